The maximum Gasteiger partial charge on any atom is 0.265 e. The van der Waals surface area contributed by atoms with Gasteiger partial charge in [-0.3, -0.25) is 9.59 Å². The van der Waals surface area contributed by atoms with Crippen molar-refractivity contribution >= 4 is 34.8 Å². The van der Waals surface area contributed by atoms with E-state index in [9.17, 15) is 9.59 Å². The Hall–Kier alpha value is -2.53. The number of carbonyl (C=O) groups excluding carboxylic acids is 2. The second-order valence-corrected chi connectivity index (χ2v) is 5.49. The summed E-state index contributed by atoms with van der Waals surface area (Å²) in [6.45, 7) is 0.276. The summed E-state index contributed by atoms with van der Waals surface area (Å²) in [4.78, 5) is 25.7. The van der Waals surface area contributed by atoms with Gasteiger partial charge in [0.15, 0.2) is 6.61 Å². The average Bonchev–Trinajstić information content (AvgIpc) is 2.56. The highest BCUT2D eigenvalue weighted by Crippen LogP contribution is 2.31. The Balaban J connectivity index is 1.65. The molecule has 1 N–H and O–H groups in total. The number of para-hydroxylation sites is 3. The monoisotopic (exact) mass is 330 g/mol. The van der Waals surface area contributed by atoms with Crippen LogP contribution in [0.2, 0.25) is 5.02 Å². The molecular weight excluding hydrogens is 316 g/mol. The molecule has 1 aliphatic rings. The van der Waals surface area contributed by atoms with Gasteiger partial charge in [0, 0.05) is 13.0 Å². The maximum atomic E-state index is 12.1. The number of nitrogens with one attached hydrogen (secondary N) is 1. The molecule has 0 unspecified atom stereocenters. The number of hydrogen-bond acceptors (Lipinski definition) is 3. The zero-order chi connectivity index (χ0) is 16.2. The highest BCUT2D eigenvalue weighted by molar-refractivity contribution is 6.33. The van der Waals surface area contributed by atoms with Crippen molar-refractivity contribution in [3.63, 3.8) is 0 Å². The fourth-order valence-corrected chi connectivity index (χ4v) is 2.57. The van der Waals surface area contributed by atoms with Gasteiger partial charge in [-0.05, 0) is 24.3 Å². The van der Waals surface area contributed by atoms with Crippen molar-refractivity contribution in [2.75, 3.05) is 23.4 Å². The molecule has 0 aromatic heterocycles. The van der Waals surface area contributed by atoms with E-state index in [4.69, 9.17) is 16.3 Å². The van der Waals surface area contributed by atoms with E-state index in [2.05, 4.69) is 5.32 Å². The summed E-state index contributed by atoms with van der Waals surface area (Å²) < 4.78 is 5.37. The van der Waals surface area contributed by atoms with Crippen LogP contribution in [0.15, 0.2) is 48.5 Å². The van der Waals surface area contributed by atoms with Crippen molar-refractivity contribution in [3.05, 3.63) is 53.6 Å². The van der Waals surface area contributed by atoms with E-state index in [1.54, 1.807) is 41.3 Å². The van der Waals surface area contributed by atoms with Gasteiger partial charge in [-0.15, -0.1) is 0 Å². The first-order valence-electron chi connectivity index (χ1n) is 7.22. The van der Waals surface area contributed by atoms with Gasteiger partial charge in [-0.1, -0.05) is 35.9 Å². The Labute approximate surface area is 138 Å². The third-order valence-electron chi connectivity index (χ3n) is 3.52. The number of halogens is 1. The summed E-state index contributed by atoms with van der Waals surface area (Å²) in [5.74, 6) is 0.294. The zero-order valence-electron chi connectivity index (χ0n) is 12.3. The van der Waals surface area contributed by atoms with Crippen LogP contribution in [-0.2, 0) is 9.59 Å². The molecule has 0 fully saturated rings. The first kappa shape index (κ1) is 15.4. The Morgan fingerprint density at radius 2 is 1.91 bits per heavy atom. The molecule has 2 aromatic rings. The van der Waals surface area contributed by atoms with Crippen LogP contribution >= 0.6 is 11.6 Å². The quantitative estimate of drug-likeness (QED) is 0.937. The molecule has 6 heteroatoms. The summed E-state index contributed by atoms with van der Waals surface area (Å²) in [5.41, 5.74) is 1.25. The molecule has 1 heterocycles. The van der Waals surface area contributed by atoms with Gasteiger partial charge >= 0.3 is 0 Å². The molecule has 23 heavy (non-hydrogen) atoms. The molecule has 0 saturated heterocycles. The molecule has 0 saturated carbocycles. The zero-order valence-corrected chi connectivity index (χ0v) is 13.0. The normalized spacial score (nSPS) is 13.3. The van der Waals surface area contributed by atoms with E-state index in [1.165, 1.54) is 0 Å². The molecule has 0 radical (unpaired) electrons. The molecule has 0 atom stereocenters. The van der Waals surface area contributed by atoms with Crippen LogP contribution in [0.5, 0.6) is 5.75 Å². The van der Waals surface area contributed by atoms with Gasteiger partial charge in [-0.25, -0.2) is 0 Å². The summed E-state index contributed by atoms with van der Waals surface area (Å²) in [5, 5.41) is 3.23. The number of carbonyl (C=O) groups is 2. The van der Waals surface area contributed by atoms with Crippen molar-refractivity contribution in [1.29, 1.82) is 0 Å². The number of nitrogens with zero attached hydrogens (tertiary/aromatic N) is 1. The minimum atomic E-state index is -0.199. The van der Waals surface area contributed by atoms with Crippen LogP contribution in [-0.4, -0.2) is 25.0 Å². The van der Waals surface area contributed by atoms with Gasteiger partial charge < -0.3 is 15.0 Å². The molecule has 2 amide bonds. The van der Waals surface area contributed by atoms with Crippen LogP contribution in [0.3, 0.4) is 0 Å². The SMILES string of the molecule is O=C(CCN1C(=O)COc2ccccc21)Nc1ccccc1Cl. The van der Waals surface area contributed by atoms with E-state index in [1.807, 2.05) is 12.1 Å². The Kier molecular flexibility index (Phi) is 4.48. The number of amides is 2. The summed E-state index contributed by atoms with van der Waals surface area (Å²) >= 11 is 6.01. The lowest BCUT2D eigenvalue weighted by atomic mass is 10.2. The molecule has 3 rings (SSSR count). The molecule has 2 aromatic carbocycles. The number of fused-ring (bicyclic) bond motifs is 1. The van der Waals surface area contributed by atoms with Crippen LogP contribution in [0, 0.1) is 0 Å². The van der Waals surface area contributed by atoms with E-state index < -0.39 is 0 Å². The van der Waals surface area contributed by atoms with Gasteiger partial charge in [0.1, 0.15) is 5.75 Å². The standard InChI is InChI=1S/C17H15ClN2O3/c18-12-5-1-2-6-13(12)19-16(21)9-10-20-14-7-3-4-8-15(14)23-11-17(20)22/h1-8H,9-11H2,(H,19,21). The molecule has 0 bridgehead atoms. The third kappa shape index (κ3) is 3.46. The number of ether oxygens (including phenoxy) is 1. The molecule has 1 aliphatic heterocycles. The summed E-state index contributed by atoms with van der Waals surface area (Å²) in [6.07, 6.45) is 0.172. The first-order valence-corrected chi connectivity index (χ1v) is 7.59. The topological polar surface area (TPSA) is 58.6 Å². The molecular formula is C17H15ClN2O3. The largest absolute Gasteiger partial charge is 0.482 e. The van der Waals surface area contributed by atoms with Crippen molar-refractivity contribution < 1.29 is 14.3 Å². The van der Waals surface area contributed by atoms with Crippen LogP contribution in [0.25, 0.3) is 0 Å². The second-order valence-electron chi connectivity index (χ2n) is 5.08. The van der Waals surface area contributed by atoms with E-state index in [-0.39, 0.29) is 31.4 Å². The molecule has 0 spiro atoms. The van der Waals surface area contributed by atoms with Crippen molar-refractivity contribution in [2.45, 2.75) is 6.42 Å². The third-order valence-corrected chi connectivity index (χ3v) is 3.85. The van der Waals surface area contributed by atoms with Crippen molar-refractivity contribution in [1.82, 2.24) is 0 Å². The molecule has 118 valence electrons. The second kappa shape index (κ2) is 6.71. The Morgan fingerprint density at radius 3 is 2.74 bits per heavy atom. The lowest BCUT2D eigenvalue weighted by Gasteiger charge is -2.29. The van der Waals surface area contributed by atoms with Crippen molar-refractivity contribution in [2.24, 2.45) is 0 Å². The minimum absolute atomic E-state index is 0.0108. The number of anilines is 2. The van der Waals surface area contributed by atoms with E-state index in [0.29, 0.717) is 22.1 Å². The molecule has 0 aliphatic carbocycles. The lowest BCUT2D eigenvalue weighted by Crippen LogP contribution is -2.40. The number of hydrogen-bond donors (Lipinski definition) is 1. The minimum Gasteiger partial charge on any atom is -0.482 e. The van der Waals surface area contributed by atoms with Gasteiger partial charge in [0.05, 0.1) is 16.4 Å². The number of benzene rings is 2. The predicted octanol–water partition coefficient (Wildman–Crippen LogP) is 3.09. The van der Waals surface area contributed by atoms with Gasteiger partial charge in [-0.2, -0.15) is 0 Å². The summed E-state index contributed by atoms with van der Waals surface area (Å²) in [7, 11) is 0. The van der Waals surface area contributed by atoms with E-state index in [0.717, 1.165) is 0 Å². The fourth-order valence-electron chi connectivity index (χ4n) is 2.39. The highest BCUT2D eigenvalue weighted by Gasteiger charge is 2.25. The van der Waals surface area contributed by atoms with Crippen molar-refractivity contribution in [3.8, 4) is 5.75 Å². The van der Waals surface area contributed by atoms with Gasteiger partial charge in [0.25, 0.3) is 5.91 Å². The summed E-state index contributed by atoms with van der Waals surface area (Å²) in [6, 6.07) is 14.3. The maximum absolute atomic E-state index is 12.1. The fraction of sp³-hybridized carbons (Fsp3) is 0.176. The van der Waals surface area contributed by atoms with Crippen LogP contribution in [0.1, 0.15) is 6.42 Å². The Bertz CT molecular complexity index is 748. The number of rotatable bonds is 4. The van der Waals surface area contributed by atoms with Crippen LogP contribution in [0.4, 0.5) is 11.4 Å². The molecule has 5 nitrogen and oxygen atoms in total. The smallest absolute Gasteiger partial charge is 0.265 e. The average molecular weight is 331 g/mol. The van der Waals surface area contributed by atoms with Crippen LogP contribution < -0.4 is 15.0 Å². The lowest BCUT2D eigenvalue weighted by molar-refractivity contribution is -0.121. The Morgan fingerprint density at radius 1 is 1.17 bits per heavy atom. The highest BCUT2D eigenvalue weighted by atomic mass is 35.5. The van der Waals surface area contributed by atoms with Gasteiger partial charge in [0.2, 0.25) is 5.91 Å². The first-order chi connectivity index (χ1) is 11.1. The van der Waals surface area contributed by atoms with E-state index >= 15 is 0 Å². The predicted molar refractivity (Wildman–Crippen MR) is 89.0 cm³/mol.